The first-order valence-corrected chi connectivity index (χ1v) is 8.56. The Morgan fingerprint density at radius 2 is 1.79 bits per heavy atom. The third-order valence-corrected chi connectivity index (χ3v) is 4.45. The molecular formula is C19H14F3N5O2. The van der Waals surface area contributed by atoms with Gasteiger partial charge in [0.2, 0.25) is 11.6 Å². The Morgan fingerprint density at radius 3 is 2.52 bits per heavy atom. The number of fused-ring (bicyclic) bond motifs is 3. The van der Waals surface area contributed by atoms with Crippen LogP contribution in [0.2, 0.25) is 0 Å². The van der Waals surface area contributed by atoms with Gasteiger partial charge < -0.3 is 5.32 Å². The number of carbonyl (C=O) groups excluding carboxylic acids is 1. The lowest BCUT2D eigenvalue weighted by Crippen LogP contribution is -2.29. The Morgan fingerprint density at radius 1 is 1.07 bits per heavy atom. The Hall–Kier alpha value is -3.69. The highest BCUT2D eigenvalue weighted by atomic mass is 19.4. The van der Waals surface area contributed by atoms with Crippen LogP contribution >= 0.6 is 0 Å². The van der Waals surface area contributed by atoms with Crippen molar-refractivity contribution in [3.63, 3.8) is 0 Å². The lowest BCUT2D eigenvalue weighted by Gasteiger charge is -2.13. The van der Waals surface area contributed by atoms with Gasteiger partial charge in [0.05, 0.1) is 16.6 Å². The van der Waals surface area contributed by atoms with Gasteiger partial charge in [0.15, 0.2) is 0 Å². The highest BCUT2D eigenvalue weighted by molar-refractivity contribution is 5.92. The first-order valence-electron chi connectivity index (χ1n) is 8.56. The summed E-state index contributed by atoms with van der Waals surface area (Å²) in [6.07, 6.45) is -4.52. The van der Waals surface area contributed by atoms with E-state index in [1.165, 1.54) is 16.7 Å². The average Bonchev–Trinajstić information content (AvgIpc) is 3.07. The molecule has 29 heavy (non-hydrogen) atoms. The molecule has 0 aliphatic carbocycles. The number of benzene rings is 2. The van der Waals surface area contributed by atoms with E-state index in [4.69, 9.17) is 0 Å². The number of nitrogens with one attached hydrogen (secondary N) is 1. The first kappa shape index (κ1) is 18.7. The van der Waals surface area contributed by atoms with E-state index in [1.807, 2.05) is 0 Å². The van der Waals surface area contributed by atoms with Gasteiger partial charge in [0.1, 0.15) is 12.4 Å². The molecule has 4 rings (SSSR count). The second-order valence-electron chi connectivity index (χ2n) is 6.41. The molecule has 1 N–H and O–H groups in total. The Balaban J connectivity index is 1.72. The summed E-state index contributed by atoms with van der Waals surface area (Å²) in [5, 5.41) is 10.2. The van der Waals surface area contributed by atoms with Crippen molar-refractivity contribution in [1.29, 1.82) is 0 Å². The van der Waals surface area contributed by atoms with E-state index in [9.17, 15) is 22.8 Å². The molecule has 0 saturated carbocycles. The fourth-order valence-corrected chi connectivity index (χ4v) is 3.18. The Labute approximate surface area is 161 Å². The van der Waals surface area contributed by atoms with Crippen molar-refractivity contribution in [3.8, 4) is 0 Å². The van der Waals surface area contributed by atoms with E-state index in [2.05, 4.69) is 15.5 Å². The lowest BCUT2D eigenvalue weighted by atomic mass is 10.2. The molecule has 4 aromatic rings. The number of aromatic nitrogens is 4. The summed E-state index contributed by atoms with van der Waals surface area (Å²) in [6.45, 7) is 1.31. The Kier molecular flexibility index (Phi) is 4.33. The van der Waals surface area contributed by atoms with E-state index >= 15 is 0 Å². The maximum Gasteiger partial charge on any atom is 0.416 e. The zero-order valence-electron chi connectivity index (χ0n) is 15.1. The zero-order chi connectivity index (χ0) is 20.8. The van der Waals surface area contributed by atoms with Crippen LogP contribution in [-0.4, -0.2) is 25.1 Å². The quantitative estimate of drug-likeness (QED) is 0.572. The molecule has 0 unspecified atom stereocenters. The number of hydrogen-bond acceptors (Lipinski definition) is 4. The van der Waals surface area contributed by atoms with Crippen LogP contribution in [0.3, 0.4) is 0 Å². The minimum atomic E-state index is -4.52. The molecule has 0 radical (unpaired) electrons. The van der Waals surface area contributed by atoms with Crippen molar-refractivity contribution in [2.24, 2.45) is 0 Å². The van der Waals surface area contributed by atoms with Crippen molar-refractivity contribution in [1.82, 2.24) is 19.2 Å². The summed E-state index contributed by atoms with van der Waals surface area (Å²) in [4.78, 5) is 25.3. The van der Waals surface area contributed by atoms with Gasteiger partial charge in [-0.2, -0.15) is 13.2 Å². The number of alkyl halides is 3. The van der Waals surface area contributed by atoms with Crippen LogP contribution in [0.4, 0.5) is 18.9 Å². The zero-order valence-corrected chi connectivity index (χ0v) is 15.1. The minimum absolute atomic E-state index is 0.0124. The van der Waals surface area contributed by atoms with Gasteiger partial charge in [-0.25, -0.2) is 0 Å². The number of halogens is 3. The predicted molar refractivity (Wildman–Crippen MR) is 99.6 cm³/mol. The molecular weight excluding hydrogens is 387 g/mol. The van der Waals surface area contributed by atoms with Crippen LogP contribution in [-0.2, 0) is 17.5 Å². The number of para-hydroxylation sites is 2. The standard InChI is InChI=1S/C19H14F3N5O2/c1-11-24-25-17-18(29)26(14-7-2-3-8-15(14)27(11)17)10-16(28)23-13-6-4-5-12(9-13)19(20,21)22/h2-9H,10H2,1H3,(H,23,28). The number of nitrogens with zero attached hydrogens (tertiary/aromatic N) is 4. The largest absolute Gasteiger partial charge is 0.416 e. The van der Waals surface area contributed by atoms with Crippen LogP contribution in [0.15, 0.2) is 53.3 Å². The van der Waals surface area contributed by atoms with Crippen molar-refractivity contribution in [2.75, 3.05) is 5.32 Å². The average molecular weight is 401 g/mol. The van der Waals surface area contributed by atoms with Crippen LogP contribution in [0.25, 0.3) is 16.7 Å². The molecule has 0 fully saturated rings. The van der Waals surface area contributed by atoms with Crippen molar-refractivity contribution >= 4 is 28.3 Å². The third kappa shape index (κ3) is 3.33. The topological polar surface area (TPSA) is 81.3 Å². The highest BCUT2D eigenvalue weighted by Crippen LogP contribution is 2.30. The van der Waals surface area contributed by atoms with Crippen molar-refractivity contribution < 1.29 is 18.0 Å². The number of carbonyl (C=O) groups is 1. The molecule has 10 heteroatoms. The van der Waals surface area contributed by atoms with E-state index in [1.54, 1.807) is 35.6 Å². The van der Waals surface area contributed by atoms with Gasteiger partial charge in [0, 0.05) is 5.69 Å². The van der Waals surface area contributed by atoms with Crippen LogP contribution < -0.4 is 10.9 Å². The first-order chi connectivity index (χ1) is 13.8. The molecule has 0 aliphatic heterocycles. The molecule has 0 aliphatic rings. The number of anilines is 1. The number of rotatable bonds is 3. The van der Waals surface area contributed by atoms with E-state index in [0.717, 1.165) is 12.1 Å². The summed E-state index contributed by atoms with van der Waals surface area (Å²) < 4.78 is 41.4. The molecule has 1 amide bonds. The van der Waals surface area contributed by atoms with Crippen LogP contribution in [0, 0.1) is 6.92 Å². The third-order valence-electron chi connectivity index (χ3n) is 4.45. The molecule has 0 bridgehead atoms. The van der Waals surface area contributed by atoms with Gasteiger partial charge in [-0.1, -0.05) is 18.2 Å². The Bertz CT molecular complexity index is 1310. The summed E-state index contributed by atoms with van der Waals surface area (Å²) in [7, 11) is 0. The second-order valence-corrected chi connectivity index (χ2v) is 6.41. The molecule has 148 valence electrons. The SMILES string of the molecule is Cc1nnc2c(=O)n(CC(=O)Nc3cccc(C(F)(F)F)c3)c3ccccc3n12. The van der Waals surface area contributed by atoms with Crippen molar-refractivity contribution in [2.45, 2.75) is 19.6 Å². The normalized spacial score (nSPS) is 11.9. The fourth-order valence-electron chi connectivity index (χ4n) is 3.18. The highest BCUT2D eigenvalue weighted by Gasteiger charge is 2.30. The van der Waals surface area contributed by atoms with E-state index in [-0.39, 0.29) is 11.3 Å². The molecule has 0 atom stereocenters. The van der Waals surface area contributed by atoms with Crippen LogP contribution in [0.5, 0.6) is 0 Å². The maximum atomic E-state index is 12.9. The number of aryl methyl sites for hydroxylation is 1. The van der Waals surface area contributed by atoms with Gasteiger partial charge in [-0.3, -0.25) is 18.6 Å². The predicted octanol–water partition coefficient (Wildman–Crippen LogP) is 3.01. The summed E-state index contributed by atoms with van der Waals surface area (Å²) in [5.74, 6) is -0.119. The molecule has 2 heterocycles. The summed E-state index contributed by atoms with van der Waals surface area (Å²) in [6, 6.07) is 11.2. The minimum Gasteiger partial charge on any atom is -0.325 e. The number of hydrogen-bond donors (Lipinski definition) is 1. The fraction of sp³-hybridized carbons (Fsp3) is 0.158. The van der Waals surface area contributed by atoms with Gasteiger partial charge >= 0.3 is 6.18 Å². The lowest BCUT2D eigenvalue weighted by molar-refractivity contribution is -0.137. The van der Waals surface area contributed by atoms with E-state index < -0.39 is 29.8 Å². The summed E-state index contributed by atoms with van der Waals surface area (Å²) in [5.41, 5.74) is -0.236. The summed E-state index contributed by atoms with van der Waals surface area (Å²) >= 11 is 0. The molecule has 0 saturated heterocycles. The second kappa shape index (κ2) is 6.73. The monoisotopic (exact) mass is 401 g/mol. The molecule has 2 aromatic carbocycles. The van der Waals surface area contributed by atoms with Gasteiger partial charge in [0.25, 0.3) is 5.56 Å². The van der Waals surface area contributed by atoms with Crippen molar-refractivity contribution in [3.05, 3.63) is 70.3 Å². The molecule has 7 nitrogen and oxygen atoms in total. The van der Waals surface area contributed by atoms with Crippen LogP contribution in [0.1, 0.15) is 11.4 Å². The molecule has 2 aromatic heterocycles. The molecule has 0 spiro atoms. The smallest absolute Gasteiger partial charge is 0.325 e. The van der Waals surface area contributed by atoms with Gasteiger partial charge in [-0.15, -0.1) is 10.2 Å². The number of amides is 1. The van der Waals surface area contributed by atoms with Gasteiger partial charge in [-0.05, 0) is 37.3 Å². The van der Waals surface area contributed by atoms with E-state index in [0.29, 0.717) is 16.9 Å². The maximum absolute atomic E-state index is 12.9.